The van der Waals surface area contributed by atoms with Gasteiger partial charge in [0.2, 0.25) is 0 Å². The smallest absolute Gasteiger partial charge is 0.131 e. The van der Waals surface area contributed by atoms with Gasteiger partial charge in [0.15, 0.2) is 0 Å². The third-order valence-electron chi connectivity index (χ3n) is 3.20. The largest absolute Gasteiger partial charge is 0.457 e. The van der Waals surface area contributed by atoms with Crippen LogP contribution in [0.3, 0.4) is 0 Å². The summed E-state index contributed by atoms with van der Waals surface area (Å²) in [5.41, 5.74) is 2.44. The van der Waals surface area contributed by atoms with E-state index in [0.29, 0.717) is 6.04 Å². The zero-order chi connectivity index (χ0) is 15.2. The minimum Gasteiger partial charge on any atom is -0.457 e. The third kappa shape index (κ3) is 4.80. The van der Waals surface area contributed by atoms with E-state index < -0.39 is 0 Å². The molecule has 3 heteroatoms. The van der Waals surface area contributed by atoms with E-state index in [1.807, 2.05) is 12.1 Å². The summed E-state index contributed by atoms with van der Waals surface area (Å²) in [7, 11) is 0. The number of hydrogen-bond donors (Lipinski definition) is 1. The van der Waals surface area contributed by atoms with Crippen molar-refractivity contribution in [3.63, 3.8) is 0 Å². The van der Waals surface area contributed by atoms with Gasteiger partial charge >= 0.3 is 0 Å². The van der Waals surface area contributed by atoms with E-state index in [1.165, 1.54) is 16.0 Å². The zero-order valence-corrected chi connectivity index (χ0v) is 14.0. The van der Waals surface area contributed by atoms with Crippen molar-refractivity contribution >= 4 is 11.8 Å². The van der Waals surface area contributed by atoms with E-state index >= 15 is 0 Å². The van der Waals surface area contributed by atoms with Crippen molar-refractivity contribution in [2.45, 2.75) is 38.3 Å². The first-order valence-electron chi connectivity index (χ1n) is 7.23. The maximum absolute atomic E-state index is 6.05. The average molecular weight is 301 g/mol. The van der Waals surface area contributed by atoms with E-state index in [1.54, 1.807) is 11.8 Å². The fraction of sp³-hybridized carbons (Fsp3) is 0.333. The summed E-state index contributed by atoms with van der Waals surface area (Å²) in [6.45, 7) is 7.22. The molecule has 0 aliphatic rings. The van der Waals surface area contributed by atoms with Gasteiger partial charge in [-0.15, -0.1) is 11.8 Å². The summed E-state index contributed by atoms with van der Waals surface area (Å²) in [6.07, 6.45) is 2.07. The van der Waals surface area contributed by atoms with E-state index in [4.69, 9.17) is 4.74 Å². The first kappa shape index (κ1) is 15.9. The second-order valence-corrected chi connectivity index (χ2v) is 6.30. The second-order valence-electron chi connectivity index (χ2n) is 5.42. The molecule has 2 nitrogen and oxygen atoms in total. The molecule has 0 saturated carbocycles. The molecule has 2 aromatic rings. The van der Waals surface area contributed by atoms with Gasteiger partial charge in [0, 0.05) is 23.0 Å². The lowest BCUT2D eigenvalue weighted by atomic mass is 10.1. The lowest BCUT2D eigenvalue weighted by Crippen LogP contribution is -2.22. The fourth-order valence-electron chi connectivity index (χ4n) is 2.03. The second kappa shape index (κ2) is 7.53. The van der Waals surface area contributed by atoms with Crippen molar-refractivity contribution in [1.29, 1.82) is 0 Å². The number of hydrogen-bond acceptors (Lipinski definition) is 3. The Morgan fingerprint density at radius 2 is 1.81 bits per heavy atom. The summed E-state index contributed by atoms with van der Waals surface area (Å²) < 4.78 is 6.05. The SMILES string of the molecule is CSc1ccc(Oc2ccc(C)cc2CNC(C)C)cc1. The molecule has 0 aliphatic carbocycles. The summed E-state index contributed by atoms with van der Waals surface area (Å²) >= 11 is 1.73. The van der Waals surface area contributed by atoms with Gasteiger partial charge in [-0.2, -0.15) is 0 Å². The summed E-state index contributed by atoms with van der Waals surface area (Å²) in [4.78, 5) is 1.24. The molecule has 21 heavy (non-hydrogen) atoms. The maximum Gasteiger partial charge on any atom is 0.131 e. The molecule has 0 saturated heterocycles. The lowest BCUT2D eigenvalue weighted by molar-refractivity contribution is 0.469. The van der Waals surface area contributed by atoms with Crippen molar-refractivity contribution in [2.75, 3.05) is 6.26 Å². The van der Waals surface area contributed by atoms with Gasteiger partial charge in [-0.3, -0.25) is 0 Å². The molecule has 0 radical (unpaired) electrons. The number of thioether (sulfide) groups is 1. The van der Waals surface area contributed by atoms with Crippen LogP contribution in [-0.2, 0) is 6.54 Å². The number of ether oxygens (including phenoxy) is 1. The predicted molar refractivity (Wildman–Crippen MR) is 91.5 cm³/mol. The monoisotopic (exact) mass is 301 g/mol. The average Bonchev–Trinajstić information content (AvgIpc) is 2.48. The van der Waals surface area contributed by atoms with E-state index in [0.717, 1.165) is 18.0 Å². The van der Waals surface area contributed by atoms with Gasteiger partial charge in [-0.25, -0.2) is 0 Å². The van der Waals surface area contributed by atoms with Gasteiger partial charge in [0.05, 0.1) is 0 Å². The molecular weight excluding hydrogens is 278 g/mol. The van der Waals surface area contributed by atoms with E-state index in [-0.39, 0.29) is 0 Å². The van der Waals surface area contributed by atoms with Crippen LogP contribution in [0.1, 0.15) is 25.0 Å². The molecule has 0 aliphatic heterocycles. The van der Waals surface area contributed by atoms with Crippen LogP contribution in [0.4, 0.5) is 0 Å². The van der Waals surface area contributed by atoms with Crippen LogP contribution in [0.15, 0.2) is 47.4 Å². The Morgan fingerprint density at radius 1 is 1.10 bits per heavy atom. The van der Waals surface area contributed by atoms with Crippen LogP contribution in [0, 0.1) is 6.92 Å². The Bertz CT molecular complexity index is 578. The first-order valence-corrected chi connectivity index (χ1v) is 8.46. The van der Waals surface area contributed by atoms with Crippen LogP contribution in [0.25, 0.3) is 0 Å². The van der Waals surface area contributed by atoms with Gasteiger partial charge in [-0.1, -0.05) is 31.5 Å². The lowest BCUT2D eigenvalue weighted by Gasteiger charge is -2.14. The highest BCUT2D eigenvalue weighted by molar-refractivity contribution is 7.98. The number of nitrogens with one attached hydrogen (secondary N) is 1. The Morgan fingerprint density at radius 3 is 2.43 bits per heavy atom. The Hall–Kier alpha value is -1.45. The molecule has 1 N–H and O–H groups in total. The molecule has 0 aromatic heterocycles. The zero-order valence-electron chi connectivity index (χ0n) is 13.1. The minimum atomic E-state index is 0.458. The topological polar surface area (TPSA) is 21.3 Å². The number of benzene rings is 2. The molecular formula is C18H23NOS. The van der Waals surface area contributed by atoms with Gasteiger partial charge in [0.1, 0.15) is 11.5 Å². The summed E-state index contributed by atoms with van der Waals surface area (Å²) in [6, 6.07) is 15.0. The highest BCUT2D eigenvalue weighted by Crippen LogP contribution is 2.28. The highest BCUT2D eigenvalue weighted by atomic mass is 32.2. The van der Waals surface area contributed by atoms with Crippen LogP contribution in [0.5, 0.6) is 11.5 Å². The summed E-state index contributed by atoms with van der Waals surface area (Å²) in [5, 5.41) is 3.45. The van der Waals surface area contributed by atoms with Crippen LogP contribution in [-0.4, -0.2) is 12.3 Å². The first-order chi connectivity index (χ1) is 10.1. The molecule has 2 aromatic carbocycles. The van der Waals surface area contributed by atoms with Crippen molar-refractivity contribution in [2.24, 2.45) is 0 Å². The molecule has 2 rings (SSSR count). The third-order valence-corrected chi connectivity index (χ3v) is 3.95. The van der Waals surface area contributed by atoms with Crippen molar-refractivity contribution in [3.05, 3.63) is 53.6 Å². The Labute approximate surface area is 131 Å². The highest BCUT2D eigenvalue weighted by Gasteiger charge is 2.06. The molecule has 0 unspecified atom stereocenters. The molecule has 112 valence electrons. The maximum atomic E-state index is 6.05. The van der Waals surface area contributed by atoms with E-state index in [9.17, 15) is 0 Å². The molecule has 0 spiro atoms. The van der Waals surface area contributed by atoms with Gasteiger partial charge in [0.25, 0.3) is 0 Å². The Balaban J connectivity index is 2.17. The molecule has 0 heterocycles. The number of rotatable bonds is 6. The van der Waals surface area contributed by atoms with Crippen LogP contribution in [0.2, 0.25) is 0 Å². The molecule has 0 amide bonds. The Kier molecular flexibility index (Phi) is 5.71. The van der Waals surface area contributed by atoms with Gasteiger partial charge in [-0.05, 0) is 43.5 Å². The quantitative estimate of drug-likeness (QED) is 0.758. The van der Waals surface area contributed by atoms with Crippen LogP contribution < -0.4 is 10.1 Å². The fourth-order valence-corrected chi connectivity index (χ4v) is 2.44. The van der Waals surface area contributed by atoms with Crippen molar-refractivity contribution in [3.8, 4) is 11.5 Å². The van der Waals surface area contributed by atoms with Crippen molar-refractivity contribution in [1.82, 2.24) is 5.32 Å². The van der Waals surface area contributed by atoms with Gasteiger partial charge < -0.3 is 10.1 Å². The molecule has 0 atom stereocenters. The number of aryl methyl sites for hydroxylation is 1. The normalized spacial score (nSPS) is 10.9. The van der Waals surface area contributed by atoms with Crippen LogP contribution >= 0.6 is 11.8 Å². The predicted octanol–water partition coefficient (Wildman–Crippen LogP) is 5.01. The van der Waals surface area contributed by atoms with E-state index in [2.05, 4.69) is 62.7 Å². The molecule has 0 bridgehead atoms. The standard InChI is InChI=1S/C18H23NOS/c1-13(2)19-12-15-11-14(3)5-10-18(15)20-16-6-8-17(21-4)9-7-16/h5-11,13,19H,12H2,1-4H3. The van der Waals surface area contributed by atoms with Crippen molar-refractivity contribution < 1.29 is 4.74 Å². The molecule has 0 fully saturated rings. The minimum absolute atomic E-state index is 0.458. The summed E-state index contributed by atoms with van der Waals surface area (Å²) in [5.74, 6) is 1.80.